The molecule has 3 rings (SSSR count). The maximum absolute atomic E-state index is 12.8. The average molecular weight is 562 g/mol. The highest BCUT2D eigenvalue weighted by atomic mass is 32.2. The molecule has 2 aromatic heterocycles. The van der Waals surface area contributed by atoms with E-state index in [-0.39, 0.29) is 19.6 Å². The number of hydrogen-bond acceptors (Lipinski definition) is 11. The Labute approximate surface area is 225 Å². The molecule has 1 amide bonds. The summed E-state index contributed by atoms with van der Waals surface area (Å²) in [5.41, 5.74) is 1.44. The van der Waals surface area contributed by atoms with Gasteiger partial charge >= 0.3 is 12.1 Å². The summed E-state index contributed by atoms with van der Waals surface area (Å²) in [6.45, 7) is 4.16. The first-order chi connectivity index (χ1) is 18.2. The number of aliphatic hydroxyl groups is 1. The van der Waals surface area contributed by atoms with Crippen LogP contribution in [0.15, 0.2) is 57.2 Å². The van der Waals surface area contributed by atoms with E-state index in [0.29, 0.717) is 35.3 Å². The fourth-order valence-corrected chi connectivity index (χ4v) is 5.15. The number of carbonyl (C=O) groups is 2. The van der Waals surface area contributed by atoms with E-state index in [4.69, 9.17) is 9.47 Å². The molecular formula is C25H31N5O6S2. The number of anilines is 3. The third-order valence-electron chi connectivity index (χ3n) is 5.12. The maximum Gasteiger partial charge on any atom is 0.442 e. The van der Waals surface area contributed by atoms with Crippen molar-refractivity contribution in [3.05, 3.63) is 48.0 Å². The van der Waals surface area contributed by atoms with Crippen molar-refractivity contribution in [2.45, 2.75) is 37.7 Å². The van der Waals surface area contributed by atoms with Crippen LogP contribution < -0.4 is 10.6 Å². The third-order valence-corrected chi connectivity index (χ3v) is 7.66. The number of aliphatic hydroxyl groups excluding tert-OH is 1. The summed E-state index contributed by atoms with van der Waals surface area (Å²) in [6, 6.07) is 10.5. The van der Waals surface area contributed by atoms with Gasteiger partial charge < -0.3 is 25.2 Å². The van der Waals surface area contributed by atoms with Gasteiger partial charge in [0, 0.05) is 34.5 Å². The van der Waals surface area contributed by atoms with Crippen molar-refractivity contribution in [3.8, 4) is 10.4 Å². The monoisotopic (exact) mass is 561 g/mol. The molecule has 3 N–H and O–H groups in total. The van der Waals surface area contributed by atoms with Crippen molar-refractivity contribution >= 4 is 50.6 Å². The molecule has 2 atom stereocenters. The summed E-state index contributed by atoms with van der Waals surface area (Å²) in [5, 5.41) is 18.4. The number of aromatic nitrogens is 2. The number of hydrogen-bond donors (Lipinski definition) is 3. The summed E-state index contributed by atoms with van der Waals surface area (Å²) in [7, 11) is -2.95. The first kappa shape index (κ1) is 29.0. The highest BCUT2D eigenvalue weighted by Crippen LogP contribution is 2.31. The van der Waals surface area contributed by atoms with E-state index < -0.39 is 27.9 Å². The van der Waals surface area contributed by atoms with Crippen molar-refractivity contribution in [1.29, 1.82) is 0 Å². The maximum atomic E-state index is 12.8. The van der Waals surface area contributed by atoms with Crippen LogP contribution in [0.5, 0.6) is 0 Å². The molecule has 0 aliphatic rings. The number of amides is 1. The fraction of sp³-hybridized carbons (Fsp3) is 0.360. The lowest BCUT2D eigenvalue weighted by atomic mass is 10.2. The molecular weight excluding hydrogens is 530 g/mol. The normalized spacial score (nSPS) is 13.2. The molecule has 0 radical (unpaired) electrons. The molecule has 1 unspecified atom stereocenters. The zero-order chi connectivity index (χ0) is 27.5. The minimum Gasteiger partial charge on any atom is -0.466 e. The molecule has 13 heteroatoms. The quantitative estimate of drug-likeness (QED) is 0.266. The minimum atomic E-state index is -2.95. The van der Waals surface area contributed by atoms with Crippen LogP contribution in [0.2, 0.25) is 0 Å². The predicted octanol–water partition coefficient (Wildman–Crippen LogP) is 4.68. The van der Waals surface area contributed by atoms with E-state index in [2.05, 4.69) is 25.0 Å². The molecule has 0 saturated heterocycles. The summed E-state index contributed by atoms with van der Waals surface area (Å²) in [6.07, 6.45) is 1.62. The number of rotatable bonds is 12. The van der Waals surface area contributed by atoms with Crippen molar-refractivity contribution in [3.63, 3.8) is 0 Å². The Morgan fingerprint density at radius 1 is 1.16 bits per heavy atom. The van der Waals surface area contributed by atoms with E-state index in [1.54, 1.807) is 55.6 Å². The molecule has 0 fully saturated rings. The van der Waals surface area contributed by atoms with Gasteiger partial charge in [0.05, 0.1) is 41.0 Å². The van der Waals surface area contributed by atoms with Gasteiger partial charge in [0.25, 0.3) is 0 Å². The van der Waals surface area contributed by atoms with Crippen LogP contribution >= 0.6 is 11.3 Å². The van der Waals surface area contributed by atoms with Crippen molar-refractivity contribution < 1.29 is 28.4 Å². The molecule has 38 heavy (non-hydrogen) atoms. The Kier molecular flexibility index (Phi) is 10.6. The first-order valence-electron chi connectivity index (χ1n) is 12.0. The molecule has 1 aromatic carbocycles. The second kappa shape index (κ2) is 13.8. The number of esters is 1. The second-order valence-electron chi connectivity index (χ2n) is 8.05. The Bertz CT molecular complexity index is 1340. The van der Waals surface area contributed by atoms with Gasteiger partial charge in [-0.3, -0.25) is 4.79 Å². The van der Waals surface area contributed by atoms with Crippen LogP contribution in [0.25, 0.3) is 10.4 Å². The number of thiophene rings is 1. The topological polar surface area (TPSA) is 152 Å². The van der Waals surface area contributed by atoms with E-state index in [0.717, 1.165) is 10.4 Å². The lowest BCUT2D eigenvalue weighted by molar-refractivity contribution is -0.145. The first-order valence-corrected chi connectivity index (χ1v) is 14.8. The number of ether oxygens (including phenoxy) is 2. The van der Waals surface area contributed by atoms with Crippen molar-refractivity contribution in [1.82, 2.24) is 9.97 Å². The van der Waals surface area contributed by atoms with Crippen LogP contribution in [-0.2, 0) is 24.0 Å². The Hall–Kier alpha value is -3.55. The molecule has 3 aromatic rings. The van der Waals surface area contributed by atoms with E-state index >= 15 is 0 Å². The van der Waals surface area contributed by atoms with Gasteiger partial charge in [-0.2, -0.15) is 4.98 Å². The van der Waals surface area contributed by atoms with Gasteiger partial charge in [-0.25, -0.2) is 14.0 Å². The van der Waals surface area contributed by atoms with E-state index in [9.17, 15) is 18.9 Å². The summed E-state index contributed by atoms with van der Waals surface area (Å²) >= 11 is 1.54. The van der Waals surface area contributed by atoms with E-state index in [1.807, 2.05) is 17.5 Å². The van der Waals surface area contributed by atoms with Crippen LogP contribution in [0.1, 0.15) is 26.7 Å². The second-order valence-corrected chi connectivity index (χ2v) is 11.3. The fourth-order valence-electron chi connectivity index (χ4n) is 3.33. The molecule has 204 valence electrons. The molecule has 2 heterocycles. The Balaban J connectivity index is 1.73. The highest BCUT2D eigenvalue weighted by molar-refractivity contribution is 7.93. The van der Waals surface area contributed by atoms with Gasteiger partial charge in [-0.15, -0.1) is 15.7 Å². The predicted molar refractivity (Wildman–Crippen MR) is 147 cm³/mol. The lowest BCUT2D eigenvalue weighted by Crippen LogP contribution is -2.19. The highest BCUT2D eigenvalue weighted by Gasteiger charge is 2.15. The number of nitrogens with one attached hydrogen (secondary N) is 2. The van der Waals surface area contributed by atoms with Gasteiger partial charge in [0.2, 0.25) is 5.95 Å². The van der Waals surface area contributed by atoms with Gasteiger partial charge in [-0.1, -0.05) is 6.07 Å². The zero-order valence-corrected chi connectivity index (χ0v) is 23.0. The standard InChI is InChI=1S/C25H31N5O6S2/c1-4-35-22(32)15-18(31)12-13-26-23-20(21-7-6-14-37-21)16-27-24(29-23)28-17-8-10-19(11-9-17)38(3,34)30-25(33)36-5-2/h6-11,14,16,18,31H,4-5,12-13,15H2,1-3H3,(H2,26,27,28,29)/t18-,38?/m1/s1. The molecule has 0 aliphatic heterocycles. The van der Waals surface area contributed by atoms with E-state index in [1.165, 1.54) is 6.26 Å². The smallest absolute Gasteiger partial charge is 0.442 e. The molecule has 0 aliphatic carbocycles. The largest absolute Gasteiger partial charge is 0.466 e. The molecule has 0 bridgehead atoms. The zero-order valence-electron chi connectivity index (χ0n) is 21.4. The summed E-state index contributed by atoms with van der Waals surface area (Å²) in [4.78, 5) is 33.6. The molecule has 11 nitrogen and oxygen atoms in total. The van der Waals surface area contributed by atoms with Crippen LogP contribution in [0.4, 0.5) is 22.2 Å². The Morgan fingerprint density at radius 3 is 2.55 bits per heavy atom. The van der Waals surface area contributed by atoms with Crippen molar-refractivity contribution in [2.24, 2.45) is 4.36 Å². The molecule has 0 saturated carbocycles. The van der Waals surface area contributed by atoms with Gasteiger partial charge in [0.15, 0.2) is 0 Å². The average Bonchev–Trinajstić information content (AvgIpc) is 3.39. The minimum absolute atomic E-state index is 0.0724. The summed E-state index contributed by atoms with van der Waals surface area (Å²) < 4.78 is 26.1. The van der Waals surface area contributed by atoms with Crippen LogP contribution in [0, 0.1) is 0 Å². The number of benzene rings is 1. The Morgan fingerprint density at radius 2 is 1.89 bits per heavy atom. The lowest BCUT2D eigenvalue weighted by Gasteiger charge is -2.14. The van der Waals surface area contributed by atoms with Gasteiger partial charge in [-0.05, 0) is 56.0 Å². The van der Waals surface area contributed by atoms with Crippen molar-refractivity contribution in [2.75, 3.05) is 36.6 Å². The SMILES string of the molecule is CCOC(=O)C[C@H](O)CCNc1nc(Nc2ccc(S(C)(=O)=NC(=O)OCC)cc2)ncc1-c1cccs1. The van der Waals surface area contributed by atoms with Gasteiger partial charge in [0.1, 0.15) is 5.82 Å². The molecule has 0 spiro atoms. The third kappa shape index (κ3) is 8.50. The number of nitrogens with zero attached hydrogens (tertiary/aromatic N) is 3. The van der Waals surface area contributed by atoms with Crippen LogP contribution in [-0.4, -0.2) is 63.5 Å². The number of carbonyl (C=O) groups excluding carboxylic acids is 2. The van der Waals surface area contributed by atoms with Crippen LogP contribution in [0.3, 0.4) is 0 Å². The summed E-state index contributed by atoms with van der Waals surface area (Å²) in [5.74, 6) is 0.447.